The molecule has 1 heterocycles. The van der Waals surface area contributed by atoms with Crippen molar-refractivity contribution in [3.8, 4) is 0 Å². The highest BCUT2D eigenvalue weighted by molar-refractivity contribution is 5.70. The van der Waals surface area contributed by atoms with E-state index < -0.39 is 5.97 Å². The molecule has 1 aromatic heterocycles. The van der Waals surface area contributed by atoms with E-state index in [1.807, 2.05) is 10.7 Å². The number of carboxylic acid groups (broad SMARTS) is 1. The lowest BCUT2D eigenvalue weighted by molar-refractivity contribution is -0.142. The van der Waals surface area contributed by atoms with Gasteiger partial charge in [0.1, 0.15) is 0 Å². The molecule has 1 aliphatic carbocycles. The van der Waals surface area contributed by atoms with Gasteiger partial charge in [-0.3, -0.25) is 4.79 Å². The Bertz CT molecular complexity index is 648. The van der Waals surface area contributed by atoms with E-state index in [9.17, 15) is 4.79 Å². The molecule has 1 unspecified atom stereocenters. The number of aliphatic carboxylic acids is 1. The van der Waals surface area contributed by atoms with Crippen molar-refractivity contribution in [2.24, 2.45) is 5.92 Å². The summed E-state index contributed by atoms with van der Waals surface area (Å²) in [5.74, 6) is -1.05. The van der Waals surface area contributed by atoms with Crippen molar-refractivity contribution in [2.45, 2.75) is 32.7 Å². The van der Waals surface area contributed by atoms with Gasteiger partial charge in [-0.05, 0) is 25.3 Å². The van der Waals surface area contributed by atoms with Crippen LogP contribution in [0.15, 0.2) is 24.3 Å². The number of nitrogens with zero attached hydrogens (tertiary/aromatic N) is 3. The summed E-state index contributed by atoms with van der Waals surface area (Å²) in [6.45, 7) is 2.76. The number of hydrogen-bond donors (Lipinski definition) is 1. The fourth-order valence-electron chi connectivity index (χ4n) is 2.77. The summed E-state index contributed by atoms with van der Waals surface area (Å²) in [6, 6.07) is 8.31. The third-order valence-electron chi connectivity index (χ3n) is 3.85. The van der Waals surface area contributed by atoms with Gasteiger partial charge in [0.05, 0.1) is 23.9 Å². The van der Waals surface area contributed by atoms with E-state index in [0.717, 1.165) is 17.8 Å². The van der Waals surface area contributed by atoms with E-state index in [1.54, 1.807) is 0 Å². The average Bonchev–Trinajstić information content (AvgIpc) is 2.81. The van der Waals surface area contributed by atoms with Gasteiger partial charge in [-0.2, -0.15) is 0 Å². The molecule has 2 aromatic rings. The minimum Gasteiger partial charge on any atom is -0.481 e. The smallest absolute Gasteiger partial charge is 0.306 e. The predicted octanol–water partition coefficient (Wildman–Crippen LogP) is 1.82. The largest absolute Gasteiger partial charge is 0.481 e. The molecule has 1 N–H and O–H groups in total. The molecule has 1 aliphatic rings. The van der Waals surface area contributed by atoms with Gasteiger partial charge in [0.25, 0.3) is 0 Å². The molecule has 3 rings (SSSR count). The van der Waals surface area contributed by atoms with Gasteiger partial charge in [-0.1, -0.05) is 35.0 Å². The van der Waals surface area contributed by atoms with Crippen LogP contribution in [-0.4, -0.2) is 26.1 Å². The Kier molecular flexibility index (Phi) is 3.26. The minimum absolute atomic E-state index is 0.313. The summed E-state index contributed by atoms with van der Waals surface area (Å²) in [6.07, 6.45) is 1.91. The van der Waals surface area contributed by atoms with Crippen LogP contribution in [-0.2, 0) is 24.2 Å². The summed E-state index contributed by atoms with van der Waals surface area (Å²) in [7, 11) is 0. The van der Waals surface area contributed by atoms with Gasteiger partial charge >= 0.3 is 5.97 Å². The molecule has 104 valence electrons. The summed E-state index contributed by atoms with van der Waals surface area (Å²) >= 11 is 0. The lowest BCUT2D eigenvalue weighted by Crippen LogP contribution is -2.23. The monoisotopic (exact) mass is 271 g/mol. The van der Waals surface area contributed by atoms with Crippen molar-refractivity contribution in [1.29, 1.82) is 0 Å². The Morgan fingerprint density at radius 2 is 2.35 bits per heavy atom. The zero-order valence-corrected chi connectivity index (χ0v) is 11.4. The molecule has 0 aliphatic heterocycles. The highest BCUT2D eigenvalue weighted by atomic mass is 16.4. The molecule has 0 saturated heterocycles. The van der Waals surface area contributed by atoms with Crippen molar-refractivity contribution in [3.63, 3.8) is 0 Å². The molecular formula is C15H17N3O2. The Balaban J connectivity index is 1.82. The fourth-order valence-corrected chi connectivity index (χ4v) is 2.77. The lowest BCUT2D eigenvalue weighted by Gasteiger charge is -2.18. The standard InChI is InChI=1S/C15H17N3O2/c1-10-3-2-4-11(7-10)9-18-14-6-5-12(15(19)20)8-13(14)16-17-18/h2-4,7,12H,5-6,8-9H2,1H3,(H,19,20). The van der Waals surface area contributed by atoms with Crippen LogP contribution in [0, 0.1) is 12.8 Å². The summed E-state index contributed by atoms with van der Waals surface area (Å²) in [4.78, 5) is 11.0. The molecule has 0 fully saturated rings. The Labute approximate surface area is 117 Å². The highest BCUT2D eigenvalue weighted by Crippen LogP contribution is 2.24. The van der Waals surface area contributed by atoms with Crippen molar-refractivity contribution < 1.29 is 9.90 Å². The minimum atomic E-state index is -0.733. The third-order valence-corrected chi connectivity index (χ3v) is 3.85. The zero-order chi connectivity index (χ0) is 14.1. The van der Waals surface area contributed by atoms with E-state index in [1.165, 1.54) is 11.1 Å². The van der Waals surface area contributed by atoms with Crippen molar-refractivity contribution in [2.75, 3.05) is 0 Å². The molecule has 5 heteroatoms. The van der Waals surface area contributed by atoms with Crippen LogP contribution in [0.4, 0.5) is 0 Å². The van der Waals surface area contributed by atoms with Gasteiger partial charge in [0.15, 0.2) is 0 Å². The highest BCUT2D eigenvalue weighted by Gasteiger charge is 2.28. The first-order chi connectivity index (χ1) is 9.63. The number of hydrogen-bond acceptors (Lipinski definition) is 3. The van der Waals surface area contributed by atoms with Crippen LogP contribution >= 0.6 is 0 Å². The lowest BCUT2D eigenvalue weighted by atomic mass is 9.90. The van der Waals surface area contributed by atoms with E-state index in [4.69, 9.17) is 5.11 Å². The van der Waals surface area contributed by atoms with Gasteiger partial charge in [0, 0.05) is 6.42 Å². The summed E-state index contributed by atoms with van der Waals surface area (Å²) in [5, 5.41) is 17.4. The maximum atomic E-state index is 11.0. The second-order valence-electron chi connectivity index (χ2n) is 5.41. The first-order valence-corrected chi connectivity index (χ1v) is 6.83. The van der Waals surface area contributed by atoms with Crippen LogP contribution in [0.5, 0.6) is 0 Å². The molecule has 1 atom stereocenters. The topological polar surface area (TPSA) is 68.0 Å². The van der Waals surface area contributed by atoms with Crippen LogP contribution in [0.25, 0.3) is 0 Å². The van der Waals surface area contributed by atoms with Gasteiger partial charge in [0.2, 0.25) is 0 Å². The molecule has 0 radical (unpaired) electrons. The normalized spacial score (nSPS) is 17.8. The van der Waals surface area contributed by atoms with Gasteiger partial charge in [-0.25, -0.2) is 4.68 Å². The molecule has 0 spiro atoms. The maximum Gasteiger partial charge on any atom is 0.306 e. The van der Waals surface area contributed by atoms with Crippen LogP contribution in [0.2, 0.25) is 0 Å². The van der Waals surface area contributed by atoms with Gasteiger partial charge in [-0.15, -0.1) is 5.10 Å². The van der Waals surface area contributed by atoms with Gasteiger partial charge < -0.3 is 5.11 Å². The van der Waals surface area contributed by atoms with E-state index in [-0.39, 0.29) is 5.92 Å². The first kappa shape index (κ1) is 12.8. The quantitative estimate of drug-likeness (QED) is 0.924. The number of benzene rings is 1. The molecule has 5 nitrogen and oxygen atoms in total. The first-order valence-electron chi connectivity index (χ1n) is 6.83. The molecule has 0 amide bonds. The number of aromatic nitrogens is 3. The Hall–Kier alpha value is -2.17. The number of rotatable bonds is 3. The van der Waals surface area contributed by atoms with Crippen molar-refractivity contribution >= 4 is 5.97 Å². The van der Waals surface area contributed by atoms with Crippen LogP contribution < -0.4 is 0 Å². The van der Waals surface area contributed by atoms with Crippen molar-refractivity contribution in [3.05, 3.63) is 46.8 Å². The molecule has 20 heavy (non-hydrogen) atoms. The second kappa shape index (κ2) is 5.07. The Morgan fingerprint density at radius 3 is 3.10 bits per heavy atom. The van der Waals surface area contributed by atoms with E-state index in [2.05, 4.69) is 35.4 Å². The van der Waals surface area contributed by atoms with E-state index in [0.29, 0.717) is 19.4 Å². The second-order valence-corrected chi connectivity index (χ2v) is 5.41. The molecule has 0 saturated carbocycles. The third kappa shape index (κ3) is 2.43. The number of carbonyl (C=O) groups is 1. The predicted molar refractivity (Wildman–Crippen MR) is 73.5 cm³/mol. The Morgan fingerprint density at radius 1 is 1.50 bits per heavy atom. The SMILES string of the molecule is Cc1cccc(Cn2nnc3c2CCC(C(=O)O)C3)c1. The average molecular weight is 271 g/mol. The fraction of sp³-hybridized carbons (Fsp3) is 0.400. The molecule has 1 aromatic carbocycles. The summed E-state index contributed by atoms with van der Waals surface area (Å²) in [5.41, 5.74) is 4.35. The van der Waals surface area contributed by atoms with E-state index >= 15 is 0 Å². The van der Waals surface area contributed by atoms with Crippen LogP contribution in [0.3, 0.4) is 0 Å². The molecular weight excluding hydrogens is 254 g/mol. The maximum absolute atomic E-state index is 11.0. The number of carboxylic acids is 1. The van der Waals surface area contributed by atoms with Crippen LogP contribution in [0.1, 0.15) is 28.9 Å². The number of aryl methyl sites for hydroxylation is 1. The zero-order valence-electron chi connectivity index (χ0n) is 11.4. The van der Waals surface area contributed by atoms with Crippen molar-refractivity contribution in [1.82, 2.24) is 15.0 Å². The number of fused-ring (bicyclic) bond motifs is 1. The summed E-state index contributed by atoms with van der Waals surface area (Å²) < 4.78 is 1.90. The molecule has 0 bridgehead atoms.